The molecule has 2 atom stereocenters. The number of carbonyl (C=O) groups is 1. The average molecular weight is 287 g/mol. The van der Waals surface area contributed by atoms with Gasteiger partial charge in [-0.3, -0.25) is 4.90 Å². The summed E-state index contributed by atoms with van der Waals surface area (Å²) in [6.45, 7) is 13.2. The van der Waals surface area contributed by atoms with E-state index in [0.29, 0.717) is 13.0 Å². The molecule has 1 aliphatic rings. The van der Waals surface area contributed by atoms with Crippen molar-refractivity contribution in [2.24, 2.45) is 0 Å². The molecule has 0 aromatic heterocycles. The van der Waals surface area contributed by atoms with Gasteiger partial charge in [0, 0.05) is 0 Å². The Labute approximate surface area is 122 Å². The molecule has 0 saturated carbocycles. The van der Waals surface area contributed by atoms with E-state index in [2.05, 4.69) is 0 Å². The van der Waals surface area contributed by atoms with Crippen molar-refractivity contribution in [1.82, 2.24) is 4.90 Å². The van der Waals surface area contributed by atoms with Crippen LogP contribution < -0.4 is 0 Å². The first-order valence-electron chi connectivity index (χ1n) is 7.29. The van der Waals surface area contributed by atoms with Crippen LogP contribution in [0.2, 0.25) is 0 Å². The van der Waals surface area contributed by atoms with Gasteiger partial charge in [-0.15, -0.1) is 0 Å². The Kier molecular flexibility index (Phi) is 4.76. The summed E-state index contributed by atoms with van der Waals surface area (Å²) in [7, 11) is 0. The molecule has 5 heteroatoms. The zero-order valence-corrected chi connectivity index (χ0v) is 13.8. The summed E-state index contributed by atoms with van der Waals surface area (Å²) in [4.78, 5) is 14.0. The minimum Gasteiger partial charge on any atom is -0.444 e. The molecule has 118 valence electrons. The molecule has 0 radical (unpaired) electrons. The number of ether oxygens (including phenoxy) is 2. The van der Waals surface area contributed by atoms with Gasteiger partial charge in [-0.25, -0.2) is 4.79 Å². The van der Waals surface area contributed by atoms with Crippen LogP contribution in [-0.4, -0.2) is 45.7 Å². The molecule has 1 saturated heterocycles. The highest BCUT2D eigenvalue weighted by Gasteiger charge is 2.51. The second-order valence-electron chi connectivity index (χ2n) is 7.23. The van der Waals surface area contributed by atoms with Crippen LogP contribution in [0.15, 0.2) is 0 Å². The summed E-state index contributed by atoms with van der Waals surface area (Å²) >= 11 is 0. The van der Waals surface area contributed by atoms with E-state index in [0.717, 1.165) is 6.42 Å². The highest BCUT2D eigenvalue weighted by atomic mass is 16.6. The Balaban J connectivity index is 2.99. The largest absolute Gasteiger partial charge is 0.444 e. The number of carbonyl (C=O) groups excluding carboxylic acids is 1. The van der Waals surface area contributed by atoms with Crippen molar-refractivity contribution in [2.45, 2.75) is 84.3 Å². The van der Waals surface area contributed by atoms with Crippen LogP contribution in [-0.2, 0) is 9.47 Å². The Hall–Kier alpha value is -0.810. The maximum absolute atomic E-state index is 12.5. The zero-order valence-electron chi connectivity index (χ0n) is 13.8. The van der Waals surface area contributed by atoms with Crippen LogP contribution in [0.25, 0.3) is 0 Å². The Bertz CT molecular complexity index is 357. The molecule has 5 nitrogen and oxygen atoms in total. The van der Waals surface area contributed by atoms with Gasteiger partial charge in [0.05, 0.1) is 18.2 Å². The van der Waals surface area contributed by atoms with Crippen molar-refractivity contribution in [1.29, 1.82) is 0 Å². The smallest absolute Gasteiger partial charge is 0.413 e. The molecule has 0 bridgehead atoms. The first-order valence-corrected chi connectivity index (χ1v) is 7.29. The van der Waals surface area contributed by atoms with Crippen LogP contribution in [0.3, 0.4) is 0 Å². The van der Waals surface area contributed by atoms with E-state index in [1.54, 1.807) is 6.92 Å². The van der Waals surface area contributed by atoms with Gasteiger partial charge >= 0.3 is 6.09 Å². The fourth-order valence-electron chi connectivity index (χ4n) is 2.59. The van der Waals surface area contributed by atoms with E-state index in [4.69, 9.17) is 9.47 Å². The molecule has 0 unspecified atom stereocenters. The predicted molar refractivity (Wildman–Crippen MR) is 77.4 cm³/mol. The van der Waals surface area contributed by atoms with E-state index >= 15 is 0 Å². The number of aliphatic hydroxyl groups is 1. The summed E-state index contributed by atoms with van der Waals surface area (Å²) in [5.74, 6) is 0. The van der Waals surface area contributed by atoms with Crippen LogP contribution in [0.4, 0.5) is 4.79 Å². The normalized spacial score (nSPS) is 25.4. The van der Waals surface area contributed by atoms with Crippen LogP contribution >= 0.6 is 0 Å². The third-order valence-corrected chi connectivity index (χ3v) is 3.55. The first-order chi connectivity index (χ1) is 8.91. The summed E-state index contributed by atoms with van der Waals surface area (Å²) in [5.41, 5.74) is -2.33. The third-order valence-electron chi connectivity index (χ3n) is 3.55. The van der Waals surface area contributed by atoms with Crippen LogP contribution in [0.5, 0.6) is 0 Å². The molecule has 1 fully saturated rings. The molecule has 1 aliphatic heterocycles. The molecule has 1 heterocycles. The van der Waals surface area contributed by atoms with E-state index < -0.39 is 29.1 Å². The van der Waals surface area contributed by atoms with Crippen molar-refractivity contribution < 1.29 is 19.4 Å². The molecular weight excluding hydrogens is 258 g/mol. The van der Waals surface area contributed by atoms with Crippen LogP contribution in [0, 0.1) is 0 Å². The lowest BCUT2D eigenvalue weighted by Gasteiger charge is -2.40. The van der Waals surface area contributed by atoms with Gasteiger partial charge in [0.2, 0.25) is 0 Å². The second kappa shape index (κ2) is 5.53. The van der Waals surface area contributed by atoms with E-state index in [1.807, 2.05) is 41.5 Å². The molecule has 20 heavy (non-hydrogen) atoms. The van der Waals surface area contributed by atoms with Gasteiger partial charge < -0.3 is 14.6 Å². The molecule has 0 spiro atoms. The predicted octanol–water partition coefficient (Wildman–Crippen LogP) is 2.91. The lowest BCUT2D eigenvalue weighted by Crippen LogP contribution is -2.57. The van der Waals surface area contributed by atoms with E-state index in [9.17, 15) is 9.90 Å². The number of nitrogens with zero attached hydrogens (tertiary/aromatic N) is 1. The molecule has 0 aromatic rings. The lowest BCUT2D eigenvalue weighted by atomic mass is 9.91. The van der Waals surface area contributed by atoms with Crippen LogP contribution in [0.1, 0.15) is 61.3 Å². The number of hydrogen-bond donors (Lipinski definition) is 1. The highest BCUT2D eigenvalue weighted by Crippen LogP contribution is 2.35. The zero-order chi connectivity index (χ0) is 15.8. The van der Waals surface area contributed by atoms with Crippen molar-refractivity contribution in [3.05, 3.63) is 0 Å². The number of amides is 1. The van der Waals surface area contributed by atoms with E-state index in [-0.39, 0.29) is 0 Å². The summed E-state index contributed by atoms with van der Waals surface area (Å²) in [6, 6.07) is -0.396. The van der Waals surface area contributed by atoms with Gasteiger partial charge in [-0.05, 0) is 48.0 Å². The van der Waals surface area contributed by atoms with Crippen molar-refractivity contribution >= 4 is 6.09 Å². The van der Waals surface area contributed by atoms with Gasteiger partial charge in [-0.1, -0.05) is 13.3 Å². The first kappa shape index (κ1) is 17.2. The van der Waals surface area contributed by atoms with Gasteiger partial charge in [0.25, 0.3) is 0 Å². The van der Waals surface area contributed by atoms with Crippen molar-refractivity contribution in [3.8, 4) is 0 Å². The molecule has 0 aromatic carbocycles. The summed E-state index contributed by atoms with van der Waals surface area (Å²) in [5, 5.41) is 10.6. The van der Waals surface area contributed by atoms with Crippen molar-refractivity contribution in [2.75, 3.05) is 6.61 Å². The van der Waals surface area contributed by atoms with Crippen molar-refractivity contribution in [3.63, 3.8) is 0 Å². The summed E-state index contributed by atoms with van der Waals surface area (Å²) in [6.07, 6.45) is 1.00. The SMILES string of the molecule is CCC[C@@](C)(O)[C@H]1COC(C)(C)N1C(=O)OC(C)(C)C. The number of hydrogen-bond acceptors (Lipinski definition) is 4. The third kappa shape index (κ3) is 3.85. The van der Waals surface area contributed by atoms with E-state index in [1.165, 1.54) is 4.90 Å². The molecule has 1 rings (SSSR count). The Morgan fingerprint density at radius 3 is 2.40 bits per heavy atom. The maximum Gasteiger partial charge on any atom is 0.413 e. The molecule has 1 amide bonds. The lowest BCUT2D eigenvalue weighted by molar-refractivity contribution is -0.0800. The number of rotatable bonds is 3. The molecule has 1 N–H and O–H groups in total. The van der Waals surface area contributed by atoms with Gasteiger partial charge in [-0.2, -0.15) is 0 Å². The van der Waals surface area contributed by atoms with Gasteiger partial charge in [0.15, 0.2) is 0 Å². The highest BCUT2D eigenvalue weighted by molar-refractivity contribution is 5.70. The Morgan fingerprint density at radius 1 is 1.40 bits per heavy atom. The second-order valence-corrected chi connectivity index (χ2v) is 7.23. The summed E-state index contributed by atoms with van der Waals surface area (Å²) < 4.78 is 11.2. The average Bonchev–Trinajstić information content (AvgIpc) is 2.51. The fraction of sp³-hybridized carbons (Fsp3) is 0.933. The monoisotopic (exact) mass is 287 g/mol. The topological polar surface area (TPSA) is 59.0 Å². The molecule has 0 aliphatic carbocycles. The standard InChI is InChI=1S/C15H29NO4/c1-8-9-15(7,18)11-10-19-14(5,6)16(11)12(17)20-13(2,3)4/h11,18H,8-10H2,1-7H3/t11-,15-/m1/s1. The van der Waals surface area contributed by atoms with Gasteiger partial charge in [0.1, 0.15) is 11.3 Å². The minimum atomic E-state index is -0.987. The maximum atomic E-state index is 12.5. The fourth-order valence-corrected chi connectivity index (χ4v) is 2.59. The minimum absolute atomic E-state index is 0.319. The quantitative estimate of drug-likeness (QED) is 0.867. The molecular formula is C15H29NO4. The Morgan fingerprint density at radius 2 is 1.95 bits per heavy atom.